The number of aryl methyl sites for hydroxylation is 1. The highest BCUT2D eigenvalue weighted by molar-refractivity contribution is 7.89. The Hall–Kier alpha value is -1.44. The fourth-order valence-corrected chi connectivity index (χ4v) is 4.13. The number of sulfonamides is 1. The van der Waals surface area contributed by atoms with Crippen molar-refractivity contribution >= 4 is 27.0 Å². The molecule has 0 saturated carbocycles. The first-order valence-corrected chi connectivity index (χ1v) is 9.17. The van der Waals surface area contributed by atoms with E-state index >= 15 is 0 Å². The molecule has 21 heavy (non-hydrogen) atoms. The Morgan fingerprint density at radius 1 is 1.29 bits per heavy atom. The van der Waals surface area contributed by atoms with Gasteiger partial charge in [0.05, 0.1) is 5.69 Å². The Balaban J connectivity index is 2.19. The number of aromatic nitrogens is 1. The summed E-state index contributed by atoms with van der Waals surface area (Å²) in [5.41, 5.74) is 1.75. The minimum atomic E-state index is -3.58. The molecule has 7 heteroatoms. The van der Waals surface area contributed by atoms with Crippen LogP contribution in [0.3, 0.4) is 0 Å². The predicted molar refractivity (Wildman–Crippen MR) is 86.1 cm³/mol. The molecule has 2 rings (SSSR count). The van der Waals surface area contributed by atoms with Gasteiger partial charge in [0.2, 0.25) is 10.0 Å². The van der Waals surface area contributed by atoms with Crippen molar-refractivity contribution in [3.8, 4) is 0 Å². The molecule has 2 aromatic rings. The van der Waals surface area contributed by atoms with Crippen LogP contribution in [0.1, 0.15) is 24.3 Å². The van der Waals surface area contributed by atoms with E-state index in [1.54, 1.807) is 23.6 Å². The maximum Gasteiger partial charge on any atom is 0.244 e. The van der Waals surface area contributed by atoms with E-state index in [0.717, 1.165) is 11.3 Å². The van der Waals surface area contributed by atoms with E-state index in [1.807, 2.05) is 18.4 Å². The van der Waals surface area contributed by atoms with E-state index in [2.05, 4.69) is 21.9 Å². The lowest BCUT2D eigenvalue weighted by molar-refractivity contribution is 0.581. The van der Waals surface area contributed by atoms with Gasteiger partial charge in [-0.25, -0.2) is 13.1 Å². The van der Waals surface area contributed by atoms with Crippen molar-refractivity contribution in [2.24, 2.45) is 0 Å². The van der Waals surface area contributed by atoms with Crippen LogP contribution in [0.5, 0.6) is 0 Å². The third-order valence-corrected chi connectivity index (χ3v) is 5.47. The standard InChI is InChI=1S/C14H19N3O2S2/c1-3-11-6-8-20-13(11)9-17-21(18,19)14-10-15-7-5-12(14)16-4-2/h5-8,10,17H,3-4,9H2,1-2H3,(H,15,16). The first-order chi connectivity index (χ1) is 10.1. The number of thiophene rings is 1. The minimum absolute atomic E-state index is 0.182. The summed E-state index contributed by atoms with van der Waals surface area (Å²) >= 11 is 1.57. The Labute approximate surface area is 129 Å². The SMILES string of the molecule is CCNc1ccncc1S(=O)(=O)NCc1sccc1CC. The zero-order valence-corrected chi connectivity index (χ0v) is 13.7. The van der Waals surface area contributed by atoms with E-state index in [-0.39, 0.29) is 4.90 Å². The van der Waals surface area contributed by atoms with Gasteiger partial charge in [0, 0.05) is 30.4 Å². The van der Waals surface area contributed by atoms with Gasteiger partial charge in [-0.2, -0.15) is 0 Å². The van der Waals surface area contributed by atoms with Crippen LogP contribution in [0, 0.1) is 0 Å². The summed E-state index contributed by atoms with van der Waals surface area (Å²) < 4.78 is 27.5. The lowest BCUT2D eigenvalue weighted by Crippen LogP contribution is -2.24. The summed E-state index contributed by atoms with van der Waals surface area (Å²) in [6, 6.07) is 3.70. The van der Waals surface area contributed by atoms with Crippen molar-refractivity contribution in [1.29, 1.82) is 0 Å². The number of pyridine rings is 1. The van der Waals surface area contributed by atoms with E-state index in [9.17, 15) is 8.42 Å². The lowest BCUT2D eigenvalue weighted by Gasteiger charge is -2.11. The summed E-state index contributed by atoms with van der Waals surface area (Å²) in [5.74, 6) is 0. The van der Waals surface area contributed by atoms with E-state index in [1.165, 1.54) is 11.8 Å². The molecule has 2 N–H and O–H groups in total. The molecule has 0 spiro atoms. The fraction of sp³-hybridized carbons (Fsp3) is 0.357. The Bertz CT molecular complexity index is 696. The van der Waals surface area contributed by atoms with Gasteiger partial charge < -0.3 is 5.32 Å². The molecule has 5 nitrogen and oxygen atoms in total. The molecule has 2 aromatic heterocycles. The monoisotopic (exact) mass is 325 g/mol. The van der Waals surface area contributed by atoms with Crippen LogP contribution in [0.4, 0.5) is 5.69 Å². The molecule has 0 aliphatic carbocycles. The van der Waals surface area contributed by atoms with Crippen molar-refractivity contribution in [2.75, 3.05) is 11.9 Å². The van der Waals surface area contributed by atoms with Crippen LogP contribution < -0.4 is 10.0 Å². The van der Waals surface area contributed by atoms with Gasteiger partial charge in [-0.1, -0.05) is 6.92 Å². The van der Waals surface area contributed by atoms with Crippen LogP contribution in [-0.2, 0) is 23.0 Å². The van der Waals surface area contributed by atoms with Gasteiger partial charge in [-0.05, 0) is 36.4 Å². The van der Waals surface area contributed by atoms with Crippen molar-refractivity contribution < 1.29 is 8.42 Å². The lowest BCUT2D eigenvalue weighted by atomic mass is 10.2. The molecule has 0 saturated heterocycles. The highest BCUT2D eigenvalue weighted by Gasteiger charge is 2.19. The molecule has 2 heterocycles. The van der Waals surface area contributed by atoms with Gasteiger partial charge in [0.15, 0.2) is 0 Å². The average Bonchev–Trinajstić information content (AvgIpc) is 2.93. The molecule has 0 amide bonds. The topological polar surface area (TPSA) is 71.1 Å². The van der Waals surface area contributed by atoms with Crippen LogP contribution in [-0.4, -0.2) is 19.9 Å². The maximum absolute atomic E-state index is 12.4. The number of anilines is 1. The summed E-state index contributed by atoms with van der Waals surface area (Å²) in [5, 5.41) is 5.02. The second-order valence-electron chi connectivity index (χ2n) is 4.45. The first-order valence-electron chi connectivity index (χ1n) is 6.81. The zero-order chi connectivity index (χ0) is 15.3. The molecule has 0 fully saturated rings. The van der Waals surface area contributed by atoms with Crippen LogP contribution >= 0.6 is 11.3 Å². The summed E-state index contributed by atoms with van der Waals surface area (Å²) in [6.45, 7) is 4.94. The molecule has 0 aliphatic heterocycles. The molecule has 0 bridgehead atoms. The number of hydrogen-bond donors (Lipinski definition) is 2. The minimum Gasteiger partial charge on any atom is -0.384 e. The third-order valence-electron chi connectivity index (χ3n) is 3.08. The van der Waals surface area contributed by atoms with Crippen molar-refractivity contribution in [2.45, 2.75) is 31.7 Å². The largest absolute Gasteiger partial charge is 0.384 e. The smallest absolute Gasteiger partial charge is 0.244 e. The molecule has 0 radical (unpaired) electrons. The highest BCUT2D eigenvalue weighted by atomic mass is 32.2. The van der Waals surface area contributed by atoms with E-state index < -0.39 is 10.0 Å². The summed E-state index contributed by atoms with van der Waals surface area (Å²) in [4.78, 5) is 5.15. The van der Waals surface area contributed by atoms with Crippen molar-refractivity contribution in [1.82, 2.24) is 9.71 Å². The van der Waals surface area contributed by atoms with E-state index in [4.69, 9.17) is 0 Å². The first kappa shape index (κ1) is 15.9. The normalized spacial score (nSPS) is 11.5. The number of nitrogens with one attached hydrogen (secondary N) is 2. The molecule has 0 aliphatic rings. The van der Waals surface area contributed by atoms with Gasteiger partial charge in [0.25, 0.3) is 0 Å². The Morgan fingerprint density at radius 3 is 2.81 bits per heavy atom. The van der Waals surface area contributed by atoms with Gasteiger partial charge >= 0.3 is 0 Å². The van der Waals surface area contributed by atoms with Gasteiger partial charge in [-0.15, -0.1) is 11.3 Å². The molecule has 0 aromatic carbocycles. The number of rotatable bonds is 7. The third kappa shape index (κ3) is 3.81. The highest BCUT2D eigenvalue weighted by Crippen LogP contribution is 2.21. The van der Waals surface area contributed by atoms with Crippen LogP contribution in [0.2, 0.25) is 0 Å². The van der Waals surface area contributed by atoms with E-state index in [0.29, 0.717) is 18.8 Å². The van der Waals surface area contributed by atoms with Crippen LogP contribution in [0.25, 0.3) is 0 Å². The quantitative estimate of drug-likeness (QED) is 0.821. The molecule has 0 atom stereocenters. The maximum atomic E-state index is 12.4. The van der Waals surface area contributed by atoms with Gasteiger partial charge in [-0.3, -0.25) is 4.98 Å². The number of hydrogen-bond acceptors (Lipinski definition) is 5. The second kappa shape index (κ2) is 7.02. The Kier molecular flexibility index (Phi) is 5.33. The summed E-state index contributed by atoms with van der Waals surface area (Å²) in [7, 11) is -3.58. The van der Waals surface area contributed by atoms with Crippen molar-refractivity contribution in [3.63, 3.8) is 0 Å². The zero-order valence-electron chi connectivity index (χ0n) is 12.1. The second-order valence-corrected chi connectivity index (χ2v) is 7.19. The van der Waals surface area contributed by atoms with Crippen molar-refractivity contribution in [3.05, 3.63) is 40.3 Å². The van der Waals surface area contributed by atoms with Crippen LogP contribution in [0.15, 0.2) is 34.8 Å². The number of nitrogens with zero attached hydrogens (tertiary/aromatic N) is 1. The predicted octanol–water partition coefficient (Wildman–Crippen LogP) is 2.62. The molecular weight excluding hydrogens is 306 g/mol. The Morgan fingerprint density at radius 2 is 2.10 bits per heavy atom. The molecule has 0 unspecified atom stereocenters. The fourth-order valence-electron chi connectivity index (χ4n) is 2.01. The molecule has 114 valence electrons. The molecular formula is C14H19N3O2S2. The van der Waals surface area contributed by atoms with Gasteiger partial charge in [0.1, 0.15) is 4.90 Å². The average molecular weight is 325 g/mol. The summed E-state index contributed by atoms with van der Waals surface area (Å²) in [6.07, 6.45) is 3.84.